The van der Waals surface area contributed by atoms with E-state index in [0.29, 0.717) is 6.42 Å². The number of imide groups is 1. The minimum absolute atomic E-state index is 0.110. The summed E-state index contributed by atoms with van der Waals surface area (Å²) in [6.07, 6.45) is 0.619. The summed E-state index contributed by atoms with van der Waals surface area (Å²) >= 11 is 0. The average molecular weight is 275 g/mol. The summed E-state index contributed by atoms with van der Waals surface area (Å²) in [5, 5.41) is 10.0. The summed E-state index contributed by atoms with van der Waals surface area (Å²) in [5.41, 5.74) is 1.15. The molecule has 0 unspecified atom stereocenters. The lowest BCUT2D eigenvalue weighted by Gasteiger charge is -2.19. The number of aliphatic hydroxyl groups excluding tert-OH is 1. The molecule has 0 spiro atoms. The molecule has 1 aliphatic heterocycles. The SMILES string of the molecule is C[C@@H]1C(=O)N(C[C@@H](O)CCc2ccccc2)C(=O)[C@H]1C. The number of aryl methyl sites for hydroxylation is 1. The quantitative estimate of drug-likeness (QED) is 0.831. The third-order valence-electron chi connectivity index (χ3n) is 4.06. The van der Waals surface area contributed by atoms with Crippen LogP contribution in [0.1, 0.15) is 25.8 Å². The summed E-state index contributed by atoms with van der Waals surface area (Å²) in [7, 11) is 0. The number of nitrogens with zero attached hydrogens (tertiary/aromatic N) is 1. The average Bonchev–Trinajstić information content (AvgIpc) is 2.64. The third-order valence-corrected chi connectivity index (χ3v) is 4.06. The number of hydrogen-bond acceptors (Lipinski definition) is 3. The lowest BCUT2D eigenvalue weighted by molar-refractivity contribution is -0.141. The zero-order valence-electron chi connectivity index (χ0n) is 12.0. The van der Waals surface area contributed by atoms with Crippen molar-refractivity contribution >= 4 is 11.8 Å². The van der Waals surface area contributed by atoms with Gasteiger partial charge in [-0.3, -0.25) is 14.5 Å². The van der Waals surface area contributed by atoms with E-state index in [1.165, 1.54) is 4.90 Å². The third kappa shape index (κ3) is 3.07. The van der Waals surface area contributed by atoms with Crippen molar-refractivity contribution in [2.45, 2.75) is 32.8 Å². The first-order valence-corrected chi connectivity index (χ1v) is 7.08. The fourth-order valence-electron chi connectivity index (χ4n) is 2.49. The minimum Gasteiger partial charge on any atom is -0.391 e. The first-order valence-electron chi connectivity index (χ1n) is 7.08. The van der Waals surface area contributed by atoms with Crippen LogP contribution in [0.2, 0.25) is 0 Å². The number of benzene rings is 1. The molecule has 1 aliphatic rings. The van der Waals surface area contributed by atoms with E-state index in [9.17, 15) is 14.7 Å². The second kappa shape index (κ2) is 6.18. The van der Waals surface area contributed by atoms with Crippen molar-refractivity contribution in [1.82, 2.24) is 4.90 Å². The Hall–Kier alpha value is -1.68. The minimum atomic E-state index is -0.666. The van der Waals surface area contributed by atoms with Crippen molar-refractivity contribution in [3.63, 3.8) is 0 Å². The van der Waals surface area contributed by atoms with Crippen LogP contribution < -0.4 is 0 Å². The molecule has 108 valence electrons. The van der Waals surface area contributed by atoms with Gasteiger partial charge in [0.05, 0.1) is 12.6 Å². The molecule has 0 bridgehead atoms. The topological polar surface area (TPSA) is 57.6 Å². The molecule has 2 rings (SSSR count). The van der Waals surface area contributed by atoms with Crippen LogP contribution >= 0.6 is 0 Å². The van der Waals surface area contributed by atoms with Crippen LogP contribution in [-0.4, -0.2) is 34.5 Å². The molecular weight excluding hydrogens is 254 g/mol. The fraction of sp³-hybridized carbons (Fsp3) is 0.500. The van der Waals surface area contributed by atoms with E-state index in [1.807, 2.05) is 30.3 Å². The van der Waals surface area contributed by atoms with Gasteiger partial charge in [-0.2, -0.15) is 0 Å². The Kier molecular flexibility index (Phi) is 4.55. The summed E-state index contributed by atoms with van der Waals surface area (Å²) in [6, 6.07) is 9.87. The number of likely N-dealkylation sites (tertiary alicyclic amines) is 1. The lowest BCUT2D eigenvalue weighted by atomic mass is 10.00. The van der Waals surface area contributed by atoms with Crippen molar-refractivity contribution in [2.24, 2.45) is 11.8 Å². The van der Waals surface area contributed by atoms with Crippen molar-refractivity contribution in [3.8, 4) is 0 Å². The van der Waals surface area contributed by atoms with Gasteiger partial charge < -0.3 is 5.11 Å². The van der Waals surface area contributed by atoms with Gasteiger partial charge in [-0.1, -0.05) is 44.2 Å². The predicted octanol–water partition coefficient (Wildman–Crippen LogP) is 1.62. The van der Waals surface area contributed by atoms with Gasteiger partial charge in [0.2, 0.25) is 11.8 Å². The molecule has 4 heteroatoms. The van der Waals surface area contributed by atoms with Crippen LogP contribution in [0.5, 0.6) is 0 Å². The Morgan fingerprint density at radius 1 is 1.10 bits per heavy atom. The van der Waals surface area contributed by atoms with E-state index in [1.54, 1.807) is 13.8 Å². The zero-order chi connectivity index (χ0) is 14.7. The van der Waals surface area contributed by atoms with E-state index in [0.717, 1.165) is 12.0 Å². The Bertz CT molecular complexity index is 466. The van der Waals surface area contributed by atoms with Gasteiger partial charge in [-0.25, -0.2) is 0 Å². The standard InChI is InChI=1S/C16H21NO3/c1-11-12(2)16(20)17(15(11)19)10-14(18)9-8-13-6-4-3-5-7-13/h3-7,11-12,14,18H,8-10H2,1-2H3/t11-,12-,14-/m0/s1. The lowest BCUT2D eigenvalue weighted by Crippen LogP contribution is -2.37. The molecule has 1 aromatic carbocycles. The van der Waals surface area contributed by atoms with E-state index in [2.05, 4.69) is 0 Å². The van der Waals surface area contributed by atoms with Crippen LogP contribution in [0.15, 0.2) is 30.3 Å². The maximum Gasteiger partial charge on any atom is 0.232 e. The second-order valence-electron chi connectivity index (χ2n) is 5.54. The molecular formula is C16H21NO3. The van der Waals surface area contributed by atoms with Crippen LogP contribution in [0.25, 0.3) is 0 Å². The van der Waals surface area contributed by atoms with Gasteiger partial charge in [0.25, 0.3) is 0 Å². The predicted molar refractivity (Wildman–Crippen MR) is 75.8 cm³/mol. The molecule has 0 saturated carbocycles. The van der Waals surface area contributed by atoms with E-state index in [4.69, 9.17) is 0 Å². The highest BCUT2D eigenvalue weighted by Gasteiger charge is 2.42. The van der Waals surface area contributed by atoms with Crippen LogP contribution in [0.4, 0.5) is 0 Å². The number of carbonyl (C=O) groups excluding carboxylic acids is 2. The highest BCUT2D eigenvalue weighted by atomic mass is 16.3. The molecule has 4 nitrogen and oxygen atoms in total. The van der Waals surface area contributed by atoms with Gasteiger partial charge in [0.15, 0.2) is 0 Å². The Morgan fingerprint density at radius 3 is 2.20 bits per heavy atom. The van der Waals surface area contributed by atoms with Crippen LogP contribution in [0, 0.1) is 11.8 Å². The van der Waals surface area contributed by atoms with Gasteiger partial charge in [-0.05, 0) is 18.4 Å². The van der Waals surface area contributed by atoms with Crippen molar-refractivity contribution in [2.75, 3.05) is 6.54 Å². The summed E-state index contributed by atoms with van der Waals surface area (Å²) in [6.45, 7) is 3.64. The first-order chi connectivity index (χ1) is 9.50. The normalized spacial score (nSPS) is 24.2. The van der Waals surface area contributed by atoms with Crippen molar-refractivity contribution in [3.05, 3.63) is 35.9 Å². The molecule has 1 N–H and O–H groups in total. The van der Waals surface area contributed by atoms with E-state index >= 15 is 0 Å². The van der Waals surface area contributed by atoms with Gasteiger partial charge >= 0.3 is 0 Å². The number of carbonyl (C=O) groups is 2. The highest BCUT2D eigenvalue weighted by Crippen LogP contribution is 2.25. The molecule has 20 heavy (non-hydrogen) atoms. The zero-order valence-corrected chi connectivity index (χ0v) is 12.0. The Labute approximate surface area is 119 Å². The number of aliphatic hydroxyl groups is 1. The summed E-state index contributed by atoms with van der Waals surface area (Å²) < 4.78 is 0. The molecule has 0 aromatic heterocycles. The van der Waals surface area contributed by atoms with Gasteiger partial charge in [0, 0.05) is 11.8 Å². The largest absolute Gasteiger partial charge is 0.391 e. The molecule has 1 fully saturated rings. The van der Waals surface area contributed by atoms with Crippen molar-refractivity contribution in [1.29, 1.82) is 0 Å². The van der Waals surface area contributed by atoms with Gasteiger partial charge in [0.1, 0.15) is 0 Å². The number of rotatable bonds is 5. The van der Waals surface area contributed by atoms with Crippen LogP contribution in [-0.2, 0) is 16.0 Å². The molecule has 2 amide bonds. The highest BCUT2D eigenvalue weighted by molar-refractivity contribution is 6.04. The molecule has 0 radical (unpaired) electrons. The Morgan fingerprint density at radius 2 is 1.65 bits per heavy atom. The number of amides is 2. The molecule has 0 aliphatic carbocycles. The van der Waals surface area contributed by atoms with E-state index in [-0.39, 0.29) is 30.2 Å². The molecule has 1 heterocycles. The molecule has 1 saturated heterocycles. The Balaban J connectivity index is 1.87. The molecule has 1 aromatic rings. The number of β-amino-alcohol motifs (C(OH)–C–C–N with tert-alkyl or cyclic N) is 1. The summed E-state index contributed by atoms with van der Waals surface area (Å²) in [5.74, 6) is -0.879. The van der Waals surface area contributed by atoms with E-state index < -0.39 is 6.10 Å². The van der Waals surface area contributed by atoms with Crippen molar-refractivity contribution < 1.29 is 14.7 Å². The smallest absolute Gasteiger partial charge is 0.232 e. The first kappa shape index (κ1) is 14.7. The van der Waals surface area contributed by atoms with Gasteiger partial charge in [-0.15, -0.1) is 0 Å². The second-order valence-corrected chi connectivity index (χ2v) is 5.54. The van der Waals surface area contributed by atoms with Crippen LogP contribution in [0.3, 0.4) is 0 Å². The summed E-state index contributed by atoms with van der Waals surface area (Å²) in [4.78, 5) is 25.1. The maximum atomic E-state index is 11.9. The maximum absolute atomic E-state index is 11.9. The molecule has 3 atom stereocenters. The fourth-order valence-corrected chi connectivity index (χ4v) is 2.49. The monoisotopic (exact) mass is 275 g/mol. The number of hydrogen-bond donors (Lipinski definition) is 1.